The molecule has 0 radical (unpaired) electrons. The van der Waals surface area contributed by atoms with Gasteiger partial charge in [0.05, 0.1) is 0 Å². The number of halogens is 1. The average molecular weight is 256 g/mol. The van der Waals surface area contributed by atoms with Gasteiger partial charge in [-0.15, -0.1) is 12.4 Å². The summed E-state index contributed by atoms with van der Waals surface area (Å²) in [6.07, 6.45) is 10.7. The Morgan fingerprint density at radius 1 is 1.18 bits per heavy atom. The summed E-state index contributed by atoms with van der Waals surface area (Å²) in [6.45, 7) is 0.633. The second kappa shape index (κ2) is 7.62. The molecule has 1 aromatic heterocycles. The summed E-state index contributed by atoms with van der Waals surface area (Å²) >= 11 is 0. The maximum Gasteiger partial charge on any atom is 0.129 e. The van der Waals surface area contributed by atoms with Crippen molar-refractivity contribution in [2.24, 2.45) is 5.73 Å². The Bertz CT molecular complexity index is 322. The zero-order valence-corrected chi connectivity index (χ0v) is 11.1. The first kappa shape index (κ1) is 14.4. The zero-order chi connectivity index (χ0) is 11.2. The van der Waals surface area contributed by atoms with Gasteiger partial charge in [-0.3, -0.25) is 0 Å². The Kier molecular flexibility index (Phi) is 6.45. The molecule has 0 bridgehead atoms. The van der Waals surface area contributed by atoms with Crippen molar-refractivity contribution in [1.29, 1.82) is 0 Å². The normalized spacial score (nSPS) is 17.2. The van der Waals surface area contributed by atoms with Gasteiger partial charge >= 0.3 is 0 Å². The first-order chi connectivity index (χ1) is 7.90. The fourth-order valence-corrected chi connectivity index (χ4v) is 2.47. The number of aromatic nitrogens is 2. The predicted octanol–water partition coefficient (Wildman–Crippen LogP) is 2.84. The third-order valence-electron chi connectivity index (χ3n) is 3.37. The van der Waals surface area contributed by atoms with Crippen LogP contribution in [0, 0.1) is 0 Å². The van der Waals surface area contributed by atoms with E-state index in [0.29, 0.717) is 12.5 Å². The number of hydrogen-bond acceptors (Lipinski definition) is 3. The molecular formula is C13H22ClN3. The third kappa shape index (κ3) is 4.25. The lowest BCUT2D eigenvalue weighted by molar-refractivity contribution is 0.572. The first-order valence-electron chi connectivity index (χ1n) is 6.42. The molecule has 0 saturated heterocycles. The summed E-state index contributed by atoms with van der Waals surface area (Å²) in [7, 11) is 0. The van der Waals surface area contributed by atoms with Crippen LogP contribution in [-0.4, -0.2) is 16.5 Å². The molecule has 1 heterocycles. The minimum absolute atomic E-state index is 0. The van der Waals surface area contributed by atoms with Crippen LogP contribution in [0.5, 0.6) is 0 Å². The summed E-state index contributed by atoms with van der Waals surface area (Å²) in [5, 5.41) is 0. The monoisotopic (exact) mass is 255 g/mol. The topological polar surface area (TPSA) is 51.8 Å². The van der Waals surface area contributed by atoms with Crippen molar-refractivity contribution in [3.05, 3.63) is 23.8 Å². The van der Waals surface area contributed by atoms with Crippen molar-refractivity contribution >= 4 is 12.4 Å². The van der Waals surface area contributed by atoms with Gasteiger partial charge in [0.25, 0.3) is 0 Å². The van der Waals surface area contributed by atoms with E-state index in [0.717, 1.165) is 12.2 Å². The molecule has 17 heavy (non-hydrogen) atoms. The van der Waals surface area contributed by atoms with Crippen LogP contribution in [0.25, 0.3) is 0 Å². The highest BCUT2D eigenvalue weighted by molar-refractivity contribution is 5.85. The lowest BCUT2D eigenvalue weighted by Gasteiger charge is -2.13. The number of hydrogen-bond donors (Lipinski definition) is 1. The fourth-order valence-electron chi connectivity index (χ4n) is 2.47. The van der Waals surface area contributed by atoms with E-state index in [-0.39, 0.29) is 12.4 Å². The van der Waals surface area contributed by atoms with Gasteiger partial charge in [0, 0.05) is 24.2 Å². The second-order valence-corrected chi connectivity index (χ2v) is 4.62. The van der Waals surface area contributed by atoms with Crippen LogP contribution in [0.1, 0.15) is 56.0 Å². The largest absolute Gasteiger partial charge is 0.330 e. The zero-order valence-electron chi connectivity index (χ0n) is 10.3. The van der Waals surface area contributed by atoms with Crippen LogP contribution >= 0.6 is 12.4 Å². The van der Waals surface area contributed by atoms with Crippen molar-refractivity contribution in [1.82, 2.24) is 9.97 Å². The molecule has 3 nitrogen and oxygen atoms in total. The summed E-state index contributed by atoms with van der Waals surface area (Å²) in [5.41, 5.74) is 6.77. The smallest absolute Gasteiger partial charge is 0.129 e. The van der Waals surface area contributed by atoms with E-state index in [1.807, 2.05) is 6.20 Å². The maximum absolute atomic E-state index is 5.53. The quantitative estimate of drug-likeness (QED) is 0.845. The molecule has 0 spiro atoms. The summed E-state index contributed by atoms with van der Waals surface area (Å²) in [6, 6.07) is 2.08. The lowest BCUT2D eigenvalue weighted by atomic mass is 9.96. The van der Waals surface area contributed by atoms with Crippen LogP contribution < -0.4 is 5.73 Å². The van der Waals surface area contributed by atoms with Crippen molar-refractivity contribution in [3.8, 4) is 0 Å². The van der Waals surface area contributed by atoms with Gasteiger partial charge in [0.15, 0.2) is 0 Å². The van der Waals surface area contributed by atoms with Gasteiger partial charge in [0.2, 0.25) is 0 Å². The second-order valence-electron chi connectivity index (χ2n) is 4.62. The van der Waals surface area contributed by atoms with Crippen LogP contribution in [0.4, 0.5) is 0 Å². The standard InChI is InChI=1S/C13H21N3.ClH/c14-9-7-13-15-10-8-12(16-13)11-5-3-1-2-4-6-11;/h8,10-11H,1-7,9,14H2;1H. The molecule has 1 aliphatic carbocycles. The van der Waals surface area contributed by atoms with Gasteiger partial charge < -0.3 is 5.73 Å². The Labute approximate surface area is 110 Å². The van der Waals surface area contributed by atoms with Crippen LogP contribution in [0.3, 0.4) is 0 Å². The van der Waals surface area contributed by atoms with Crippen molar-refractivity contribution < 1.29 is 0 Å². The molecule has 0 unspecified atom stereocenters. The fraction of sp³-hybridized carbons (Fsp3) is 0.692. The van der Waals surface area contributed by atoms with E-state index in [9.17, 15) is 0 Å². The minimum atomic E-state index is 0. The molecule has 0 aliphatic heterocycles. The summed E-state index contributed by atoms with van der Waals surface area (Å²) in [4.78, 5) is 8.89. The molecule has 0 atom stereocenters. The maximum atomic E-state index is 5.53. The van der Waals surface area contributed by atoms with E-state index in [1.165, 1.54) is 44.2 Å². The molecule has 2 N–H and O–H groups in total. The predicted molar refractivity (Wildman–Crippen MR) is 72.5 cm³/mol. The molecule has 1 aromatic rings. The molecule has 0 aromatic carbocycles. The van der Waals surface area contributed by atoms with Gasteiger partial charge in [-0.05, 0) is 25.5 Å². The highest BCUT2D eigenvalue weighted by Crippen LogP contribution is 2.30. The van der Waals surface area contributed by atoms with E-state index in [1.54, 1.807) is 0 Å². The molecule has 2 rings (SSSR count). The van der Waals surface area contributed by atoms with E-state index in [4.69, 9.17) is 5.73 Å². The minimum Gasteiger partial charge on any atom is -0.330 e. The molecule has 1 fully saturated rings. The number of rotatable bonds is 3. The Morgan fingerprint density at radius 2 is 1.88 bits per heavy atom. The van der Waals surface area contributed by atoms with Crippen LogP contribution in [-0.2, 0) is 6.42 Å². The van der Waals surface area contributed by atoms with Gasteiger partial charge in [0.1, 0.15) is 5.82 Å². The molecule has 1 saturated carbocycles. The van der Waals surface area contributed by atoms with E-state index in [2.05, 4.69) is 16.0 Å². The van der Waals surface area contributed by atoms with E-state index >= 15 is 0 Å². The molecule has 1 aliphatic rings. The lowest BCUT2D eigenvalue weighted by Crippen LogP contribution is -2.09. The molecule has 96 valence electrons. The summed E-state index contributed by atoms with van der Waals surface area (Å²) < 4.78 is 0. The van der Waals surface area contributed by atoms with Crippen LogP contribution in [0.15, 0.2) is 12.3 Å². The molecule has 4 heteroatoms. The Morgan fingerprint density at radius 3 is 2.53 bits per heavy atom. The number of nitrogens with two attached hydrogens (primary N) is 1. The highest BCUT2D eigenvalue weighted by atomic mass is 35.5. The Balaban J connectivity index is 0.00000144. The SMILES string of the molecule is Cl.NCCc1nccc(C2CCCCCC2)n1. The van der Waals surface area contributed by atoms with Gasteiger partial charge in [-0.1, -0.05) is 25.7 Å². The van der Waals surface area contributed by atoms with Crippen molar-refractivity contribution in [2.45, 2.75) is 50.9 Å². The van der Waals surface area contributed by atoms with Crippen molar-refractivity contribution in [3.63, 3.8) is 0 Å². The van der Waals surface area contributed by atoms with Crippen LogP contribution in [0.2, 0.25) is 0 Å². The van der Waals surface area contributed by atoms with E-state index < -0.39 is 0 Å². The molecular weight excluding hydrogens is 234 g/mol. The van der Waals surface area contributed by atoms with Gasteiger partial charge in [-0.25, -0.2) is 9.97 Å². The third-order valence-corrected chi connectivity index (χ3v) is 3.37. The van der Waals surface area contributed by atoms with Gasteiger partial charge in [-0.2, -0.15) is 0 Å². The van der Waals surface area contributed by atoms with Crippen molar-refractivity contribution in [2.75, 3.05) is 6.54 Å². The summed E-state index contributed by atoms with van der Waals surface area (Å²) in [5.74, 6) is 1.56. The Hall–Kier alpha value is -0.670. The first-order valence-corrected chi connectivity index (χ1v) is 6.42. The highest BCUT2D eigenvalue weighted by Gasteiger charge is 2.15. The molecule has 0 amide bonds. The number of nitrogens with zero attached hydrogens (tertiary/aromatic N) is 2. The average Bonchev–Trinajstić information content (AvgIpc) is 2.58.